The van der Waals surface area contributed by atoms with Gasteiger partial charge in [0.1, 0.15) is 17.5 Å². The first kappa shape index (κ1) is 24.8. The van der Waals surface area contributed by atoms with E-state index in [1.807, 2.05) is 49.1 Å². The van der Waals surface area contributed by atoms with Crippen molar-refractivity contribution in [3.63, 3.8) is 0 Å². The van der Waals surface area contributed by atoms with Crippen molar-refractivity contribution in [3.05, 3.63) is 66.6 Å². The summed E-state index contributed by atoms with van der Waals surface area (Å²) in [4.78, 5) is 34.5. The van der Waals surface area contributed by atoms with Crippen molar-refractivity contribution in [3.8, 4) is 5.75 Å². The Bertz CT molecular complexity index is 1280. The van der Waals surface area contributed by atoms with Gasteiger partial charge in [0.15, 0.2) is 5.58 Å². The van der Waals surface area contributed by atoms with Crippen molar-refractivity contribution < 1.29 is 23.2 Å². The van der Waals surface area contributed by atoms with Gasteiger partial charge in [-0.25, -0.2) is 0 Å². The standard InChI is InChI=1S/C27H30N4O5/c1-4-29(26(33)20-13-16-35-18-20)14-6-15-30(5-2)27-28-24-17-22(9-12-25(24)36-27)31(19-32)21-7-10-23(34-3)11-8-21/h7-13,16-19H,4-6,14-15H2,1-3H3. The number of ether oxygens (including phenoxy) is 1. The Balaban J connectivity index is 1.45. The van der Waals surface area contributed by atoms with Gasteiger partial charge in [0.25, 0.3) is 11.9 Å². The lowest BCUT2D eigenvalue weighted by Gasteiger charge is -2.23. The van der Waals surface area contributed by atoms with Crippen LogP contribution < -0.4 is 14.5 Å². The van der Waals surface area contributed by atoms with Crippen LogP contribution in [0.25, 0.3) is 11.1 Å². The molecule has 0 N–H and O–H groups in total. The lowest BCUT2D eigenvalue weighted by molar-refractivity contribution is -0.106. The number of carbonyl (C=O) groups excluding carboxylic acids is 2. The fourth-order valence-electron chi connectivity index (χ4n) is 4.02. The van der Waals surface area contributed by atoms with Crippen LogP contribution in [-0.4, -0.2) is 55.5 Å². The molecule has 0 saturated carbocycles. The molecule has 2 aromatic carbocycles. The van der Waals surface area contributed by atoms with Crippen LogP contribution in [0.3, 0.4) is 0 Å². The van der Waals surface area contributed by atoms with E-state index >= 15 is 0 Å². The Labute approximate surface area is 209 Å². The number of carbonyl (C=O) groups is 2. The fraction of sp³-hybridized carbons (Fsp3) is 0.296. The largest absolute Gasteiger partial charge is 0.497 e. The molecule has 0 spiro atoms. The lowest BCUT2D eigenvalue weighted by Crippen LogP contribution is -2.34. The summed E-state index contributed by atoms with van der Waals surface area (Å²) in [6.45, 7) is 6.60. The van der Waals surface area contributed by atoms with E-state index in [0.717, 1.165) is 18.5 Å². The highest BCUT2D eigenvalue weighted by Gasteiger charge is 2.18. The van der Waals surface area contributed by atoms with E-state index in [-0.39, 0.29) is 5.91 Å². The molecule has 9 nitrogen and oxygen atoms in total. The van der Waals surface area contributed by atoms with E-state index in [2.05, 4.69) is 4.98 Å². The minimum atomic E-state index is -0.0414. The maximum atomic E-state index is 12.6. The summed E-state index contributed by atoms with van der Waals surface area (Å²) in [6.07, 6.45) is 4.50. The topological polar surface area (TPSA) is 92.3 Å². The summed E-state index contributed by atoms with van der Waals surface area (Å²) < 4.78 is 16.3. The third-order valence-corrected chi connectivity index (χ3v) is 6.04. The molecular formula is C27H30N4O5. The number of oxazole rings is 1. The monoisotopic (exact) mass is 490 g/mol. The van der Waals surface area contributed by atoms with Crippen LogP contribution in [0, 0.1) is 0 Å². The van der Waals surface area contributed by atoms with Gasteiger partial charge in [-0.1, -0.05) is 0 Å². The highest BCUT2D eigenvalue weighted by Crippen LogP contribution is 2.30. The predicted octanol–water partition coefficient (Wildman–Crippen LogP) is 5.10. The number of fused-ring (bicyclic) bond motifs is 1. The van der Waals surface area contributed by atoms with Crippen molar-refractivity contribution in [2.45, 2.75) is 20.3 Å². The quantitative estimate of drug-likeness (QED) is 0.255. The summed E-state index contributed by atoms with van der Waals surface area (Å²) in [5.74, 6) is 0.675. The molecule has 2 heterocycles. The number of anilines is 3. The molecule has 188 valence electrons. The molecule has 2 amide bonds. The van der Waals surface area contributed by atoms with Gasteiger partial charge < -0.3 is 23.4 Å². The Morgan fingerprint density at radius 1 is 1.03 bits per heavy atom. The van der Waals surface area contributed by atoms with Crippen LogP contribution in [0.1, 0.15) is 30.6 Å². The Morgan fingerprint density at radius 3 is 2.44 bits per heavy atom. The van der Waals surface area contributed by atoms with Crippen LogP contribution in [0.15, 0.2) is 69.9 Å². The molecule has 0 radical (unpaired) electrons. The molecule has 0 aliphatic rings. The van der Waals surface area contributed by atoms with Crippen LogP contribution in [0.5, 0.6) is 5.75 Å². The number of rotatable bonds is 12. The second-order valence-electron chi connectivity index (χ2n) is 8.15. The van der Waals surface area contributed by atoms with Crippen LogP contribution >= 0.6 is 0 Å². The number of nitrogens with zero attached hydrogens (tertiary/aromatic N) is 4. The molecule has 0 unspecified atom stereocenters. The minimum Gasteiger partial charge on any atom is -0.497 e. The second-order valence-corrected chi connectivity index (χ2v) is 8.15. The average molecular weight is 491 g/mol. The Kier molecular flexibility index (Phi) is 7.89. The molecule has 0 aliphatic heterocycles. The van der Waals surface area contributed by atoms with Crippen molar-refractivity contribution in [2.75, 3.05) is 43.1 Å². The van der Waals surface area contributed by atoms with Crippen LogP contribution in [0.4, 0.5) is 17.4 Å². The third kappa shape index (κ3) is 5.35. The molecule has 4 aromatic rings. The molecule has 36 heavy (non-hydrogen) atoms. The number of aromatic nitrogens is 1. The van der Waals surface area contributed by atoms with E-state index < -0.39 is 0 Å². The molecule has 2 aromatic heterocycles. The number of hydrogen-bond donors (Lipinski definition) is 0. The lowest BCUT2D eigenvalue weighted by atomic mass is 10.2. The summed E-state index contributed by atoms with van der Waals surface area (Å²) in [5.41, 5.74) is 3.25. The zero-order valence-corrected chi connectivity index (χ0v) is 20.7. The Morgan fingerprint density at radius 2 is 1.81 bits per heavy atom. The van der Waals surface area contributed by atoms with Crippen molar-refractivity contribution in [1.82, 2.24) is 9.88 Å². The van der Waals surface area contributed by atoms with E-state index in [0.29, 0.717) is 60.3 Å². The van der Waals surface area contributed by atoms with Crippen LogP contribution in [0.2, 0.25) is 0 Å². The van der Waals surface area contributed by atoms with Crippen LogP contribution in [-0.2, 0) is 4.79 Å². The minimum absolute atomic E-state index is 0.0414. The predicted molar refractivity (Wildman–Crippen MR) is 138 cm³/mol. The van der Waals surface area contributed by atoms with Gasteiger partial charge in [-0.2, -0.15) is 4.98 Å². The number of furan rings is 1. The zero-order valence-electron chi connectivity index (χ0n) is 20.7. The van der Waals surface area contributed by atoms with E-state index in [9.17, 15) is 9.59 Å². The molecule has 0 fully saturated rings. The van der Waals surface area contributed by atoms with Gasteiger partial charge in [-0.05, 0) is 68.8 Å². The molecule has 0 aliphatic carbocycles. The molecule has 0 bridgehead atoms. The van der Waals surface area contributed by atoms with Crippen molar-refractivity contribution in [2.24, 2.45) is 0 Å². The number of hydrogen-bond acceptors (Lipinski definition) is 7. The van der Waals surface area contributed by atoms with E-state index in [1.165, 1.54) is 12.5 Å². The van der Waals surface area contributed by atoms with Gasteiger partial charge in [0.2, 0.25) is 6.41 Å². The highest BCUT2D eigenvalue weighted by atomic mass is 16.5. The zero-order chi connectivity index (χ0) is 25.5. The molecule has 9 heteroatoms. The van der Waals surface area contributed by atoms with Gasteiger partial charge in [-0.3, -0.25) is 14.5 Å². The molecule has 4 rings (SSSR count). The maximum absolute atomic E-state index is 12.6. The molecule has 0 saturated heterocycles. The summed E-state index contributed by atoms with van der Waals surface area (Å²) in [7, 11) is 1.60. The smallest absolute Gasteiger partial charge is 0.298 e. The summed E-state index contributed by atoms with van der Waals surface area (Å²) >= 11 is 0. The summed E-state index contributed by atoms with van der Waals surface area (Å²) in [5, 5.41) is 0. The first-order valence-electron chi connectivity index (χ1n) is 11.9. The summed E-state index contributed by atoms with van der Waals surface area (Å²) in [6, 6.07) is 14.9. The number of benzene rings is 2. The first-order chi connectivity index (χ1) is 17.6. The fourth-order valence-corrected chi connectivity index (χ4v) is 4.02. The Hall–Kier alpha value is -4.27. The number of amides is 2. The average Bonchev–Trinajstić information content (AvgIpc) is 3.60. The third-order valence-electron chi connectivity index (χ3n) is 6.04. The molecular weight excluding hydrogens is 460 g/mol. The van der Waals surface area contributed by atoms with E-state index in [1.54, 1.807) is 35.1 Å². The van der Waals surface area contributed by atoms with Crippen molar-refractivity contribution >= 4 is 40.8 Å². The van der Waals surface area contributed by atoms with Gasteiger partial charge in [0, 0.05) is 31.9 Å². The van der Waals surface area contributed by atoms with Crippen molar-refractivity contribution in [1.29, 1.82) is 0 Å². The highest BCUT2D eigenvalue weighted by molar-refractivity contribution is 5.93. The van der Waals surface area contributed by atoms with Gasteiger partial charge in [0.05, 0.1) is 24.6 Å². The molecule has 0 atom stereocenters. The SMILES string of the molecule is CCN(CCCN(CC)c1nc2cc(N(C=O)c3ccc(OC)cc3)ccc2o1)C(=O)c1ccoc1. The normalized spacial score (nSPS) is 10.9. The maximum Gasteiger partial charge on any atom is 0.298 e. The number of methoxy groups -OCH3 is 1. The van der Waals surface area contributed by atoms with Gasteiger partial charge >= 0.3 is 0 Å². The second kappa shape index (κ2) is 11.4. The first-order valence-corrected chi connectivity index (χ1v) is 11.9. The van der Waals surface area contributed by atoms with E-state index in [4.69, 9.17) is 13.6 Å². The van der Waals surface area contributed by atoms with Gasteiger partial charge in [-0.15, -0.1) is 0 Å².